The Morgan fingerprint density at radius 3 is 2.00 bits per heavy atom. The molecule has 0 aromatic rings. The first-order chi connectivity index (χ1) is 5.02. The van der Waals surface area contributed by atoms with E-state index in [9.17, 15) is 0 Å². The Bertz CT molecular complexity index is 140. The Labute approximate surface area is 70.4 Å². The second-order valence-electron chi connectivity index (χ2n) is 4.86. The van der Waals surface area contributed by atoms with Gasteiger partial charge in [-0.25, -0.2) is 0 Å². The summed E-state index contributed by atoms with van der Waals surface area (Å²) in [6, 6.07) is 0. The van der Waals surface area contributed by atoms with Crippen molar-refractivity contribution in [3.8, 4) is 0 Å². The van der Waals surface area contributed by atoms with Crippen LogP contribution in [0.3, 0.4) is 0 Å². The van der Waals surface area contributed by atoms with Gasteiger partial charge in [0, 0.05) is 0 Å². The van der Waals surface area contributed by atoms with Crippen molar-refractivity contribution in [3.05, 3.63) is 0 Å². The van der Waals surface area contributed by atoms with Gasteiger partial charge in [-0.15, -0.1) is 0 Å². The van der Waals surface area contributed by atoms with Crippen LogP contribution in [0.5, 0.6) is 0 Å². The summed E-state index contributed by atoms with van der Waals surface area (Å²) >= 11 is 0. The third kappa shape index (κ3) is 1.44. The molecule has 1 aliphatic rings. The fourth-order valence-corrected chi connectivity index (χ4v) is 2.10. The highest BCUT2D eigenvalue weighted by atomic mass is 14.6. The van der Waals surface area contributed by atoms with Gasteiger partial charge in [0.05, 0.1) is 0 Å². The zero-order valence-electron chi connectivity index (χ0n) is 8.11. The Balaban J connectivity index is 2.74. The van der Waals surface area contributed by atoms with E-state index in [4.69, 9.17) is 5.73 Å². The topological polar surface area (TPSA) is 26.0 Å². The zero-order chi connectivity index (χ0) is 8.54. The summed E-state index contributed by atoms with van der Waals surface area (Å²) in [7, 11) is 0. The average molecular weight is 155 g/mol. The normalized spacial score (nSPS) is 37.1. The fraction of sp³-hybridized carbons (Fsp3) is 1.00. The quantitative estimate of drug-likeness (QED) is 0.618. The van der Waals surface area contributed by atoms with Crippen LogP contribution < -0.4 is 5.73 Å². The molecule has 1 heteroatoms. The van der Waals surface area contributed by atoms with Crippen LogP contribution in [0, 0.1) is 10.8 Å². The fourth-order valence-electron chi connectivity index (χ4n) is 2.10. The Morgan fingerprint density at radius 2 is 1.64 bits per heavy atom. The lowest BCUT2D eigenvalue weighted by Crippen LogP contribution is -2.43. The molecule has 0 amide bonds. The lowest BCUT2D eigenvalue weighted by atomic mass is 9.59. The van der Waals surface area contributed by atoms with Crippen molar-refractivity contribution in [3.63, 3.8) is 0 Å². The van der Waals surface area contributed by atoms with E-state index < -0.39 is 0 Å². The first kappa shape index (κ1) is 9.05. The van der Waals surface area contributed by atoms with Gasteiger partial charge in [-0.3, -0.25) is 0 Å². The van der Waals surface area contributed by atoms with Gasteiger partial charge in [-0.05, 0) is 30.2 Å². The number of hydrogen-bond acceptors (Lipinski definition) is 1. The van der Waals surface area contributed by atoms with Crippen molar-refractivity contribution in [2.75, 3.05) is 6.54 Å². The molecule has 0 bridgehead atoms. The van der Waals surface area contributed by atoms with Crippen molar-refractivity contribution < 1.29 is 0 Å². The molecule has 1 atom stereocenters. The van der Waals surface area contributed by atoms with E-state index in [1.165, 1.54) is 25.7 Å². The van der Waals surface area contributed by atoms with E-state index in [0.717, 1.165) is 6.54 Å². The van der Waals surface area contributed by atoms with Gasteiger partial charge in [0.2, 0.25) is 0 Å². The number of rotatable bonds is 1. The molecule has 0 heterocycles. The summed E-state index contributed by atoms with van der Waals surface area (Å²) in [6.07, 6.45) is 5.43. The molecule has 1 nitrogen and oxygen atoms in total. The first-order valence-electron chi connectivity index (χ1n) is 4.72. The predicted octanol–water partition coefficient (Wildman–Crippen LogP) is 2.55. The second-order valence-corrected chi connectivity index (χ2v) is 4.86. The lowest BCUT2D eigenvalue weighted by Gasteiger charge is -2.47. The molecule has 11 heavy (non-hydrogen) atoms. The standard InChI is InChI=1S/C10H21N/c1-9(2)6-4-5-7-10(9,3)8-11/h4-8,11H2,1-3H3/t10-/m1/s1. The number of nitrogens with two attached hydrogens (primary N) is 1. The first-order valence-corrected chi connectivity index (χ1v) is 4.72. The van der Waals surface area contributed by atoms with E-state index in [1.807, 2.05) is 0 Å². The SMILES string of the molecule is CC1(C)CCCC[C@]1(C)CN. The summed E-state index contributed by atoms with van der Waals surface area (Å²) in [5, 5.41) is 0. The maximum Gasteiger partial charge on any atom is -0.00181 e. The minimum Gasteiger partial charge on any atom is -0.330 e. The van der Waals surface area contributed by atoms with Gasteiger partial charge in [-0.1, -0.05) is 33.6 Å². The average Bonchev–Trinajstić information content (AvgIpc) is 1.95. The van der Waals surface area contributed by atoms with Crippen LogP contribution in [0.1, 0.15) is 46.5 Å². The predicted molar refractivity (Wildman–Crippen MR) is 49.4 cm³/mol. The molecule has 66 valence electrons. The van der Waals surface area contributed by atoms with Crippen molar-refractivity contribution in [2.24, 2.45) is 16.6 Å². The maximum absolute atomic E-state index is 5.81. The molecule has 0 aromatic carbocycles. The lowest BCUT2D eigenvalue weighted by molar-refractivity contribution is 0.0419. The molecule has 0 unspecified atom stereocenters. The molecular formula is C10H21N. The molecule has 1 fully saturated rings. The van der Waals surface area contributed by atoms with Crippen LogP contribution in [0.4, 0.5) is 0 Å². The Hall–Kier alpha value is -0.0400. The summed E-state index contributed by atoms with van der Waals surface area (Å²) in [4.78, 5) is 0. The monoisotopic (exact) mass is 155 g/mol. The summed E-state index contributed by atoms with van der Waals surface area (Å²) < 4.78 is 0. The van der Waals surface area contributed by atoms with E-state index in [1.54, 1.807) is 0 Å². The van der Waals surface area contributed by atoms with Crippen LogP contribution in [-0.4, -0.2) is 6.54 Å². The summed E-state index contributed by atoms with van der Waals surface area (Å²) in [6.45, 7) is 7.91. The molecular weight excluding hydrogens is 134 g/mol. The van der Waals surface area contributed by atoms with Crippen molar-refractivity contribution >= 4 is 0 Å². The van der Waals surface area contributed by atoms with Gasteiger partial charge in [0.1, 0.15) is 0 Å². The molecule has 2 N–H and O–H groups in total. The van der Waals surface area contributed by atoms with E-state index in [-0.39, 0.29) is 0 Å². The summed E-state index contributed by atoms with van der Waals surface area (Å²) in [5.41, 5.74) is 6.67. The smallest absolute Gasteiger partial charge is 0.00181 e. The Kier molecular flexibility index (Phi) is 2.29. The highest BCUT2D eigenvalue weighted by molar-refractivity contribution is 4.93. The molecule has 1 saturated carbocycles. The maximum atomic E-state index is 5.81. The van der Waals surface area contributed by atoms with E-state index in [2.05, 4.69) is 20.8 Å². The minimum absolute atomic E-state index is 0.394. The Morgan fingerprint density at radius 1 is 1.09 bits per heavy atom. The summed E-state index contributed by atoms with van der Waals surface area (Å²) in [5.74, 6) is 0. The van der Waals surface area contributed by atoms with Crippen LogP contribution in [-0.2, 0) is 0 Å². The third-order valence-corrected chi connectivity index (χ3v) is 3.86. The third-order valence-electron chi connectivity index (χ3n) is 3.86. The van der Waals surface area contributed by atoms with Crippen molar-refractivity contribution in [1.82, 2.24) is 0 Å². The molecule has 0 aromatic heterocycles. The second kappa shape index (κ2) is 2.78. The van der Waals surface area contributed by atoms with Crippen molar-refractivity contribution in [1.29, 1.82) is 0 Å². The molecule has 0 spiro atoms. The molecule has 0 aliphatic heterocycles. The van der Waals surface area contributed by atoms with Crippen LogP contribution in [0.15, 0.2) is 0 Å². The van der Waals surface area contributed by atoms with Crippen LogP contribution in [0.2, 0.25) is 0 Å². The van der Waals surface area contributed by atoms with Crippen LogP contribution >= 0.6 is 0 Å². The largest absolute Gasteiger partial charge is 0.330 e. The van der Waals surface area contributed by atoms with Gasteiger partial charge < -0.3 is 5.73 Å². The van der Waals surface area contributed by atoms with Gasteiger partial charge in [0.15, 0.2) is 0 Å². The highest BCUT2D eigenvalue weighted by Gasteiger charge is 2.41. The minimum atomic E-state index is 0.394. The van der Waals surface area contributed by atoms with E-state index >= 15 is 0 Å². The molecule has 1 rings (SSSR count). The molecule has 1 aliphatic carbocycles. The molecule has 0 saturated heterocycles. The molecule has 0 radical (unpaired) electrons. The van der Waals surface area contributed by atoms with Gasteiger partial charge >= 0.3 is 0 Å². The number of hydrogen-bond donors (Lipinski definition) is 1. The van der Waals surface area contributed by atoms with Crippen molar-refractivity contribution in [2.45, 2.75) is 46.5 Å². The van der Waals surface area contributed by atoms with E-state index in [0.29, 0.717) is 10.8 Å². The van der Waals surface area contributed by atoms with Crippen LogP contribution in [0.25, 0.3) is 0 Å². The van der Waals surface area contributed by atoms with Gasteiger partial charge in [-0.2, -0.15) is 0 Å². The zero-order valence-corrected chi connectivity index (χ0v) is 8.11. The highest BCUT2D eigenvalue weighted by Crippen LogP contribution is 2.49. The van der Waals surface area contributed by atoms with Gasteiger partial charge in [0.25, 0.3) is 0 Å².